The van der Waals surface area contributed by atoms with E-state index in [4.69, 9.17) is 0 Å². The molecule has 0 aromatic heterocycles. The van der Waals surface area contributed by atoms with Crippen molar-refractivity contribution in [3.63, 3.8) is 0 Å². The lowest BCUT2D eigenvalue weighted by Crippen LogP contribution is -2.07. The molecule has 5 nitrogen and oxygen atoms in total. The van der Waals surface area contributed by atoms with Gasteiger partial charge in [0.2, 0.25) is 0 Å². The maximum atomic E-state index is 11.7. The average molecular weight is 253 g/mol. The van der Waals surface area contributed by atoms with Gasteiger partial charge in [0.05, 0.1) is 4.90 Å². The van der Waals surface area contributed by atoms with Gasteiger partial charge >= 0.3 is 0 Å². The van der Waals surface area contributed by atoms with E-state index in [0.29, 0.717) is 0 Å². The first-order valence-corrected chi connectivity index (χ1v) is 6.48. The normalized spacial score (nSPS) is 11.5. The molecule has 1 N–H and O–H groups in total. The molecular weight excluding hydrogens is 238 g/mol. The highest BCUT2D eigenvalue weighted by Crippen LogP contribution is 2.12. The van der Waals surface area contributed by atoms with Crippen LogP contribution in [0.4, 0.5) is 0 Å². The second-order valence-electron chi connectivity index (χ2n) is 3.71. The van der Waals surface area contributed by atoms with Gasteiger partial charge in [-0.2, -0.15) is 13.5 Å². The van der Waals surface area contributed by atoms with Gasteiger partial charge in [0.25, 0.3) is 10.0 Å². The van der Waals surface area contributed by atoms with Crippen molar-refractivity contribution in [1.82, 2.24) is 5.43 Å². The predicted molar refractivity (Wildman–Crippen MR) is 68.8 cm³/mol. The van der Waals surface area contributed by atoms with Gasteiger partial charge in [0.15, 0.2) is 0 Å². The quantitative estimate of drug-likeness (QED) is 0.504. The Bertz CT molecular complexity index is 526. The molecule has 0 aliphatic heterocycles. The second-order valence-corrected chi connectivity index (χ2v) is 5.34. The van der Waals surface area contributed by atoms with Gasteiger partial charge in [-0.25, -0.2) is 0 Å². The van der Waals surface area contributed by atoms with E-state index in [-0.39, 0.29) is 4.90 Å². The zero-order chi connectivity index (χ0) is 12.9. The smallest absolute Gasteiger partial charge is 0.267 e. The third kappa shape index (κ3) is 4.36. The van der Waals surface area contributed by atoms with Crippen LogP contribution < -0.4 is 5.43 Å². The number of benzene rings is 1. The number of hydrogen-bond acceptors (Lipinski definition) is 3. The Morgan fingerprint density at radius 3 is 2.35 bits per heavy atom. The van der Waals surface area contributed by atoms with Crippen molar-refractivity contribution in [3.8, 4) is 0 Å². The highest BCUT2D eigenvalue weighted by molar-refractivity contribution is 7.90. The van der Waals surface area contributed by atoms with Crippen molar-refractivity contribution in [2.24, 2.45) is 9.50 Å². The molecule has 0 spiro atoms. The fraction of sp³-hybridized carbons (Fsp3) is 0.273. The van der Waals surface area contributed by atoms with Crippen molar-refractivity contribution in [1.29, 1.82) is 0 Å². The molecule has 17 heavy (non-hydrogen) atoms. The lowest BCUT2D eigenvalue weighted by Gasteiger charge is -1.98. The molecule has 1 rings (SSSR count). The van der Waals surface area contributed by atoms with E-state index >= 15 is 0 Å². The molecule has 0 bridgehead atoms. The maximum Gasteiger partial charge on any atom is 0.283 e. The third-order valence-electron chi connectivity index (χ3n) is 1.86. The van der Waals surface area contributed by atoms with Gasteiger partial charge in [0.1, 0.15) is 6.34 Å². The molecule has 92 valence electrons. The van der Waals surface area contributed by atoms with Crippen LogP contribution in [0, 0.1) is 6.92 Å². The fourth-order valence-corrected chi connectivity index (χ4v) is 1.81. The molecule has 0 atom stereocenters. The molecular formula is C11H15N3O2S. The molecule has 0 amide bonds. The van der Waals surface area contributed by atoms with Gasteiger partial charge in [-0.05, 0) is 32.9 Å². The van der Waals surface area contributed by atoms with Gasteiger partial charge in [-0.3, -0.25) is 5.43 Å². The van der Waals surface area contributed by atoms with E-state index in [1.165, 1.54) is 12.1 Å². The molecule has 1 aromatic rings. The lowest BCUT2D eigenvalue weighted by molar-refractivity contribution is 0.598. The van der Waals surface area contributed by atoms with Gasteiger partial charge < -0.3 is 0 Å². The van der Waals surface area contributed by atoms with Crippen LogP contribution in [0.5, 0.6) is 0 Å². The van der Waals surface area contributed by atoms with E-state index in [9.17, 15) is 8.42 Å². The Kier molecular flexibility index (Phi) is 4.39. The number of nitrogens with one attached hydrogen (secondary N) is 1. The lowest BCUT2D eigenvalue weighted by atomic mass is 10.2. The summed E-state index contributed by atoms with van der Waals surface area (Å²) in [4.78, 5) is 0.165. The van der Waals surface area contributed by atoms with Crippen LogP contribution in [0.1, 0.15) is 19.4 Å². The molecule has 0 unspecified atom stereocenters. The molecule has 0 heterocycles. The Balaban J connectivity index is 2.82. The molecule has 1 aromatic carbocycles. The van der Waals surface area contributed by atoms with E-state index < -0.39 is 10.0 Å². The van der Waals surface area contributed by atoms with Crippen molar-refractivity contribution >= 4 is 22.1 Å². The number of aryl methyl sites for hydroxylation is 1. The molecule has 0 saturated heterocycles. The highest BCUT2D eigenvalue weighted by Gasteiger charge is 2.10. The summed E-state index contributed by atoms with van der Waals surface area (Å²) >= 11 is 0. The second kappa shape index (κ2) is 5.58. The summed E-state index contributed by atoms with van der Waals surface area (Å²) in [6.07, 6.45) is 1.06. The summed E-state index contributed by atoms with van der Waals surface area (Å²) in [5.74, 6) is 0. The zero-order valence-corrected chi connectivity index (χ0v) is 10.8. The summed E-state index contributed by atoms with van der Waals surface area (Å²) in [7, 11) is -3.64. The SMILES string of the molecule is CC(C)=NN/C=N/S(=O)(=O)c1ccc(C)cc1. The summed E-state index contributed by atoms with van der Waals surface area (Å²) in [6, 6.07) is 6.50. The Hall–Kier alpha value is -1.69. The van der Waals surface area contributed by atoms with Crippen LogP contribution >= 0.6 is 0 Å². The van der Waals surface area contributed by atoms with Crippen LogP contribution in [-0.2, 0) is 10.0 Å². The molecule has 0 fully saturated rings. The summed E-state index contributed by atoms with van der Waals surface area (Å²) in [6.45, 7) is 5.46. The maximum absolute atomic E-state index is 11.7. The van der Waals surface area contributed by atoms with E-state index in [1.807, 2.05) is 6.92 Å². The number of rotatable bonds is 4. The van der Waals surface area contributed by atoms with Crippen LogP contribution in [0.3, 0.4) is 0 Å². The highest BCUT2D eigenvalue weighted by atomic mass is 32.2. The largest absolute Gasteiger partial charge is 0.283 e. The Morgan fingerprint density at radius 1 is 1.24 bits per heavy atom. The van der Waals surface area contributed by atoms with Crippen LogP contribution in [0.15, 0.2) is 38.7 Å². The monoisotopic (exact) mass is 253 g/mol. The first-order chi connectivity index (χ1) is 7.92. The zero-order valence-electron chi connectivity index (χ0n) is 10.0. The fourth-order valence-electron chi connectivity index (χ4n) is 1.02. The van der Waals surface area contributed by atoms with Crippen LogP contribution in [-0.4, -0.2) is 20.5 Å². The average Bonchev–Trinajstić information content (AvgIpc) is 2.25. The van der Waals surface area contributed by atoms with Crippen LogP contribution in [0.25, 0.3) is 0 Å². The number of sulfonamides is 1. The van der Waals surface area contributed by atoms with Crippen molar-refractivity contribution in [2.45, 2.75) is 25.7 Å². The van der Waals surface area contributed by atoms with Gasteiger partial charge in [-0.15, -0.1) is 4.40 Å². The van der Waals surface area contributed by atoms with Crippen molar-refractivity contribution in [2.75, 3.05) is 0 Å². The van der Waals surface area contributed by atoms with Crippen molar-refractivity contribution in [3.05, 3.63) is 29.8 Å². The summed E-state index contributed by atoms with van der Waals surface area (Å²) in [5, 5.41) is 3.79. The predicted octanol–water partition coefficient (Wildman–Crippen LogP) is 1.70. The first-order valence-electron chi connectivity index (χ1n) is 5.04. The van der Waals surface area contributed by atoms with Crippen molar-refractivity contribution < 1.29 is 8.42 Å². The molecule has 0 aliphatic rings. The van der Waals surface area contributed by atoms with Crippen LogP contribution in [0.2, 0.25) is 0 Å². The topological polar surface area (TPSA) is 70.9 Å². The molecule has 0 aliphatic carbocycles. The first kappa shape index (κ1) is 13.4. The van der Waals surface area contributed by atoms with E-state index in [2.05, 4.69) is 14.9 Å². The summed E-state index contributed by atoms with van der Waals surface area (Å²) in [5.41, 5.74) is 4.22. The number of hydrazone groups is 1. The summed E-state index contributed by atoms with van der Waals surface area (Å²) < 4.78 is 26.9. The van der Waals surface area contributed by atoms with E-state index in [0.717, 1.165) is 17.6 Å². The molecule has 0 saturated carbocycles. The minimum absolute atomic E-state index is 0.165. The number of hydrogen-bond donors (Lipinski definition) is 1. The third-order valence-corrected chi connectivity index (χ3v) is 3.11. The van der Waals surface area contributed by atoms with Gasteiger partial charge in [0, 0.05) is 5.71 Å². The molecule has 6 heteroatoms. The minimum atomic E-state index is -3.64. The minimum Gasteiger partial charge on any atom is -0.267 e. The Labute approximate surface area is 101 Å². The number of nitrogens with zero attached hydrogens (tertiary/aromatic N) is 2. The van der Waals surface area contributed by atoms with Gasteiger partial charge in [-0.1, -0.05) is 17.7 Å². The van der Waals surface area contributed by atoms with E-state index in [1.54, 1.807) is 26.0 Å². The Morgan fingerprint density at radius 2 is 1.82 bits per heavy atom. The molecule has 0 radical (unpaired) electrons. The standard InChI is InChI=1S/C11H15N3O2S/c1-9(2)14-12-8-13-17(15,16)11-6-4-10(3)5-7-11/h4-8H,1-3H3,(H,12,13).